The van der Waals surface area contributed by atoms with Crippen LogP contribution in [0.2, 0.25) is 0 Å². The first-order valence-corrected chi connectivity index (χ1v) is 6.41. The van der Waals surface area contributed by atoms with Gasteiger partial charge in [-0.15, -0.1) is 0 Å². The lowest BCUT2D eigenvalue weighted by molar-refractivity contribution is 0.0754. The minimum atomic E-state index is -0.564. The molecule has 4 heteroatoms. The van der Waals surface area contributed by atoms with Crippen molar-refractivity contribution in [3.63, 3.8) is 0 Å². The van der Waals surface area contributed by atoms with Gasteiger partial charge in [-0.1, -0.05) is 0 Å². The van der Waals surface area contributed by atoms with Crippen LogP contribution in [0.15, 0.2) is 22.8 Å². The van der Waals surface area contributed by atoms with Gasteiger partial charge < -0.3 is 19.6 Å². The molecule has 17 heavy (non-hydrogen) atoms. The SMILES string of the molecule is OC(CNC1CCOC1C1CC1)c1ccco1. The first kappa shape index (κ1) is 11.3. The van der Waals surface area contributed by atoms with E-state index >= 15 is 0 Å². The summed E-state index contributed by atoms with van der Waals surface area (Å²) in [5, 5.41) is 13.3. The van der Waals surface area contributed by atoms with Crippen LogP contribution in [0, 0.1) is 5.92 Å². The highest BCUT2D eigenvalue weighted by molar-refractivity contribution is 5.03. The molecule has 0 radical (unpaired) electrons. The zero-order chi connectivity index (χ0) is 11.7. The summed E-state index contributed by atoms with van der Waals surface area (Å²) in [6, 6.07) is 3.99. The molecule has 1 saturated carbocycles. The Balaban J connectivity index is 1.50. The number of rotatable bonds is 5. The lowest BCUT2D eigenvalue weighted by Crippen LogP contribution is -2.39. The van der Waals surface area contributed by atoms with Crippen molar-refractivity contribution in [1.82, 2.24) is 5.32 Å². The Hall–Kier alpha value is -0.840. The van der Waals surface area contributed by atoms with Crippen LogP contribution in [0.4, 0.5) is 0 Å². The minimum Gasteiger partial charge on any atom is -0.467 e. The molecule has 0 bridgehead atoms. The van der Waals surface area contributed by atoms with E-state index in [2.05, 4.69) is 5.32 Å². The summed E-state index contributed by atoms with van der Waals surface area (Å²) < 4.78 is 10.9. The van der Waals surface area contributed by atoms with E-state index in [1.165, 1.54) is 12.8 Å². The van der Waals surface area contributed by atoms with Crippen LogP contribution in [-0.4, -0.2) is 30.4 Å². The van der Waals surface area contributed by atoms with Crippen LogP contribution in [0.25, 0.3) is 0 Å². The zero-order valence-electron chi connectivity index (χ0n) is 9.84. The van der Waals surface area contributed by atoms with Crippen molar-refractivity contribution < 1.29 is 14.3 Å². The first-order chi connectivity index (χ1) is 8.34. The third-order valence-corrected chi connectivity index (χ3v) is 3.67. The van der Waals surface area contributed by atoms with Gasteiger partial charge in [0.05, 0.1) is 12.4 Å². The van der Waals surface area contributed by atoms with E-state index in [1.807, 2.05) is 0 Å². The number of ether oxygens (including phenoxy) is 1. The maximum Gasteiger partial charge on any atom is 0.133 e. The Morgan fingerprint density at radius 2 is 2.29 bits per heavy atom. The van der Waals surface area contributed by atoms with E-state index in [0.29, 0.717) is 24.5 Å². The molecule has 2 heterocycles. The molecule has 1 aromatic heterocycles. The van der Waals surface area contributed by atoms with Crippen LogP contribution in [0.3, 0.4) is 0 Å². The van der Waals surface area contributed by atoms with Crippen LogP contribution in [-0.2, 0) is 4.74 Å². The van der Waals surface area contributed by atoms with Crippen molar-refractivity contribution in [2.24, 2.45) is 5.92 Å². The van der Waals surface area contributed by atoms with E-state index in [0.717, 1.165) is 18.9 Å². The van der Waals surface area contributed by atoms with Gasteiger partial charge in [0.15, 0.2) is 0 Å². The monoisotopic (exact) mass is 237 g/mol. The van der Waals surface area contributed by atoms with Gasteiger partial charge in [0.1, 0.15) is 11.9 Å². The topological polar surface area (TPSA) is 54.6 Å². The van der Waals surface area contributed by atoms with Gasteiger partial charge in [0, 0.05) is 19.2 Å². The highest BCUT2D eigenvalue weighted by Gasteiger charge is 2.40. The van der Waals surface area contributed by atoms with E-state index < -0.39 is 6.10 Å². The van der Waals surface area contributed by atoms with Crippen LogP contribution in [0.1, 0.15) is 31.1 Å². The molecule has 4 nitrogen and oxygen atoms in total. The van der Waals surface area contributed by atoms with Crippen molar-refractivity contribution in [1.29, 1.82) is 0 Å². The summed E-state index contributed by atoms with van der Waals surface area (Å²) in [6.45, 7) is 1.38. The maximum absolute atomic E-state index is 9.91. The number of furan rings is 1. The fraction of sp³-hybridized carbons (Fsp3) is 0.692. The van der Waals surface area contributed by atoms with Crippen molar-refractivity contribution in [3.8, 4) is 0 Å². The molecule has 1 saturated heterocycles. The van der Waals surface area contributed by atoms with Gasteiger partial charge in [0.25, 0.3) is 0 Å². The molecule has 0 aromatic carbocycles. The molecule has 1 aliphatic heterocycles. The summed E-state index contributed by atoms with van der Waals surface area (Å²) in [5.41, 5.74) is 0. The third-order valence-electron chi connectivity index (χ3n) is 3.67. The average molecular weight is 237 g/mol. The lowest BCUT2D eigenvalue weighted by Gasteiger charge is -2.20. The zero-order valence-corrected chi connectivity index (χ0v) is 9.84. The molecular weight excluding hydrogens is 218 g/mol. The summed E-state index contributed by atoms with van der Waals surface area (Å²) in [7, 11) is 0. The molecule has 1 aliphatic carbocycles. The largest absolute Gasteiger partial charge is 0.467 e. The molecule has 3 rings (SSSR count). The highest BCUT2D eigenvalue weighted by atomic mass is 16.5. The predicted molar refractivity (Wildman–Crippen MR) is 62.5 cm³/mol. The quantitative estimate of drug-likeness (QED) is 0.814. The van der Waals surface area contributed by atoms with E-state index in [1.54, 1.807) is 18.4 Å². The molecule has 3 atom stereocenters. The number of aliphatic hydroxyl groups is 1. The number of hydrogen-bond donors (Lipinski definition) is 2. The fourth-order valence-electron chi connectivity index (χ4n) is 2.56. The second-order valence-corrected chi connectivity index (χ2v) is 5.01. The van der Waals surface area contributed by atoms with Crippen LogP contribution >= 0.6 is 0 Å². The molecule has 0 spiro atoms. The van der Waals surface area contributed by atoms with E-state index in [-0.39, 0.29) is 0 Å². The standard InChI is InChI=1S/C13H19NO3/c15-11(12-2-1-6-16-12)8-14-10-5-7-17-13(10)9-3-4-9/h1-2,6,9-11,13-15H,3-5,7-8H2. The lowest BCUT2D eigenvalue weighted by atomic mass is 10.1. The molecule has 0 amide bonds. The maximum atomic E-state index is 9.91. The van der Waals surface area contributed by atoms with Gasteiger partial charge in [0.2, 0.25) is 0 Å². The molecule has 2 fully saturated rings. The molecule has 3 unspecified atom stereocenters. The Bertz CT molecular complexity index is 348. The average Bonchev–Trinajstić information content (AvgIpc) is 2.87. The van der Waals surface area contributed by atoms with Crippen molar-refractivity contribution in [2.45, 2.75) is 37.5 Å². The Morgan fingerprint density at radius 1 is 1.41 bits per heavy atom. The molecule has 1 aromatic rings. The normalized spacial score (nSPS) is 30.6. The van der Waals surface area contributed by atoms with Crippen molar-refractivity contribution in [2.75, 3.05) is 13.2 Å². The van der Waals surface area contributed by atoms with Gasteiger partial charge >= 0.3 is 0 Å². The van der Waals surface area contributed by atoms with Gasteiger partial charge in [-0.2, -0.15) is 0 Å². The van der Waals surface area contributed by atoms with Gasteiger partial charge in [-0.05, 0) is 37.3 Å². The first-order valence-electron chi connectivity index (χ1n) is 6.41. The van der Waals surface area contributed by atoms with Crippen LogP contribution in [0.5, 0.6) is 0 Å². The Morgan fingerprint density at radius 3 is 3.00 bits per heavy atom. The molecular formula is C13H19NO3. The number of aliphatic hydroxyl groups excluding tert-OH is 1. The van der Waals surface area contributed by atoms with Crippen LogP contribution < -0.4 is 5.32 Å². The molecule has 94 valence electrons. The Labute approximate surface area is 101 Å². The minimum absolute atomic E-state index is 0.360. The second-order valence-electron chi connectivity index (χ2n) is 5.01. The number of hydrogen-bond acceptors (Lipinski definition) is 4. The van der Waals surface area contributed by atoms with Crippen molar-refractivity contribution in [3.05, 3.63) is 24.2 Å². The van der Waals surface area contributed by atoms with E-state index in [9.17, 15) is 5.11 Å². The Kier molecular flexibility index (Phi) is 3.18. The fourth-order valence-corrected chi connectivity index (χ4v) is 2.56. The molecule has 2 N–H and O–H groups in total. The van der Waals surface area contributed by atoms with Gasteiger partial charge in [-0.3, -0.25) is 0 Å². The molecule has 2 aliphatic rings. The summed E-state index contributed by atoms with van der Waals surface area (Å²) >= 11 is 0. The third kappa shape index (κ3) is 2.54. The van der Waals surface area contributed by atoms with Gasteiger partial charge in [-0.25, -0.2) is 0 Å². The summed E-state index contributed by atoms with van der Waals surface area (Å²) in [5.74, 6) is 1.37. The second kappa shape index (κ2) is 4.80. The summed E-state index contributed by atoms with van der Waals surface area (Å²) in [4.78, 5) is 0. The van der Waals surface area contributed by atoms with Crippen molar-refractivity contribution >= 4 is 0 Å². The summed E-state index contributed by atoms with van der Waals surface area (Å²) in [6.07, 6.45) is 5.02. The highest BCUT2D eigenvalue weighted by Crippen LogP contribution is 2.38. The predicted octanol–water partition coefficient (Wildman–Crippen LogP) is 1.47. The number of nitrogens with one attached hydrogen (secondary N) is 1. The smallest absolute Gasteiger partial charge is 0.133 e. The van der Waals surface area contributed by atoms with E-state index in [4.69, 9.17) is 9.15 Å².